The first-order valence-corrected chi connectivity index (χ1v) is 6.37. The van der Waals surface area contributed by atoms with E-state index in [1.165, 1.54) is 11.1 Å². The average molecular weight is 254 g/mol. The molecule has 0 saturated heterocycles. The summed E-state index contributed by atoms with van der Waals surface area (Å²) in [5.41, 5.74) is 5.27. The summed E-state index contributed by atoms with van der Waals surface area (Å²) < 4.78 is 0. The van der Waals surface area contributed by atoms with Crippen LogP contribution in [0.4, 0.5) is 0 Å². The molecule has 0 fully saturated rings. The molecule has 0 N–H and O–H groups in total. The van der Waals surface area contributed by atoms with Crippen molar-refractivity contribution in [3.8, 4) is 11.3 Å². The van der Waals surface area contributed by atoms with E-state index in [1.54, 1.807) is 6.92 Å². The van der Waals surface area contributed by atoms with Crippen molar-refractivity contribution in [1.29, 1.82) is 0 Å². The number of carbonyl (C=O) groups is 1. The maximum atomic E-state index is 11.2. The monoisotopic (exact) mass is 254 g/mol. The Labute approximate surface area is 113 Å². The summed E-state index contributed by atoms with van der Waals surface area (Å²) in [6.07, 6.45) is 0.291. The molecule has 2 rings (SSSR count). The molecule has 3 heteroatoms. The summed E-state index contributed by atoms with van der Waals surface area (Å²) in [5, 5.41) is 0. The number of hydrogen-bond acceptors (Lipinski definition) is 3. The van der Waals surface area contributed by atoms with Crippen molar-refractivity contribution in [3.05, 3.63) is 46.9 Å². The fourth-order valence-electron chi connectivity index (χ4n) is 2.08. The van der Waals surface area contributed by atoms with Crippen molar-refractivity contribution in [3.63, 3.8) is 0 Å². The SMILES string of the molecule is CC(=O)Cc1nc(C)cc(-c2cc(C)ccc2C)n1. The van der Waals surface area contributed by atoms with Crippen molar-refractivity contribution in [1.82, 2.24) is 9.97 Å². The van der Waals surface area contributed by atoms with E-state index >= 15 is 0 Å². The molecule has 1 heterocycles. The quantitative estimate of drug-likeness (QED) is 0.844. The molecule has 2 aromatic rings. The first-order chi connectivity index (χ1) is 8.95. The topological polar surface area (TPSA) is 42.9 Å². The van der Waals surface area contributed by atoms with Gasteiger partial charge in [-0.2, -0.15) is 0 Å². The summed E-state index contributed by atoms with van der Waals surface area (Å²) in [4.78, 5) is 20.0. The molecule has 0 unspecified atom stereocenters. The molecule has 1 aromatic heterocycles. The maximum absolute atomic E-state index is 11.2. The Morgan fingerprint density at radius 1 is 1.11 bits per heavy atom. The average Bonchev–Trinajstić information content (AvgIpc) is 2.30. The van der Waals surface area contributed by atoms with Gasteiger partial charge in [-0.3, -0.25) is 4.79 Å². The van der Waals surface area contributed by atoms with E-state index < -0.39 is 0 Å². The smallest absolute Gasteiger partial charge is 0.137 e. The molecule has 0 amide bonds. The third-order valence-electron chi connectivity index (χ3n) is 2.98. The van der Waals surface area contributed by atoms with Gasteiger partial charge in [0.1, 0.15) is 11.6 Å². The molecule has 1 aromatic carbocycles. The van der Waals surface area contributed by atoms with E-state index in [9.17, 15) is 4.79 Å². The van der Waals surface area contributed by atoms with Gasteiger partial charge in [-0.1, -0.05) is 17.7 Å². The first-order valence-electron chi connectivity index (χ1n) is 6.37. The van der Waals surface area contributed by atoms with Crippen molar-refractivity contribution < 1.29 is 4.79 Å². The second-order valence-electron chi connectivity index (χ2n) is 5.01. The number of aryl methyl sites for hydroxylation is 3. The zero-order chi connectivity index (χ0) is 14.0. The maximum Gasteiger partial charge on any atom is 0.137 e. The number of ketones is 1. The number of aromatic nitrogens is 2. The van der Waals surface area contributed by atoms with Crippen molar-refractivity contribution >= 4 is 5.78 Å². The predicted octanol–water partition coefficient (Wildman–Crippen LogP) is 3.20. The normalized spacial score (nSPS) is 10.5. The lowest BCUT2D eigenvalue weighted by Crippen LogP contribution is -2.05. The van der Waals surface area contributed by atoms with Crippen LogP contribution < -0.4 is 0 Å². The van der Waals surface area contributed by atoms with Gasteiger partial charge in [0.05, 0.1) is 12.1 Å². The van der Waals surface area contributed by atoms with Gasteiger partial charge in [0.25, 0.3) is 0 Å². The Kier molecular flexibility index (Phi) is 3.74. The van der Waals surface area contributed by atoms with E-state index in [2.05, 4.69) is 42.0 Å². The van der Waals surface area contributed by atoms with E-state index in [0.717, 1.165) is 17.0 Å². The number of nitrogens with zero attached hydrogens (tertiary/aromatic N) is 2. The largest absolute Gasteiger partial charge is 0.300 e. The van der Waals surface area contributed by atoms with Crippen LogP contribution in [-0.4, -0.2) is 15.8 Å². The third-order valence-corrected chi connectivity index (χ3v) is 2.98. The summed E-state index contributed by atoms with van der Waals surface area (Å²) in [5.74, 6) is 0.681. The number of Topliss-reactive ketones (excluding diaryl/α,β-unsaturated/α-hetero) is 1. The Balaban J connectivity index is 2.52. The highest BCUT2D eigenvalue weighted by molar-refractivity contribution is 5.77. The molecule has 19 heavy (non-hydrogen) atoms. The summed E-state index contributed by atoms with van der Waals surface area (Å²) in [6, 6.07) is 8.26. The van der Waals surface area contributed by atoms with E-state index in [0.29, 0.717) is 12.2 Å². The fourth-order valence-corrected chi connectivity index (χ4v) is 2.08. The van der Waals surface area contributed by atoms with Gasteiger partial charge >= 0.3 is 0 Å². The van der Waals surface area contributed by atoms with Crippen molar-refractivity contribution in [2.45, 2.75) is 34.1 Å². The highest BCUT2D eigenvalue weighted by atomic mass is 16.1. The molecule has 0 aliphatic heterocycles. The van der Waals surface area contributed by atoms with Crippen molar-refractivity contribution in [2.75, 3.05) is 0 Å². The van der Waals surface area contributed by atoms with E-state index in [4.69, 9.17) is 0 Å². The van der Waals surface area contributed by atoms with Crippen LogP contribution in [0.15, 0.2) is 24.3 Å². The zero-order valence-electron chi connectivity index (χ0n) is 11.8. The van der Waals surface area contributed by atoms with Gasteiger partial charge in [-0.25, -0.2) is 9.97 Å². The van der Waals surface area contributed by atoms with Crippen LogP contribution in [0.25, 0.3) is 11.3 Å². The minimum absolute atomic E-state index is 0.0810. The van der Waals surface area contributed by atoms with E-state index in [-0.39, 0.29) is 5.78 Å². The fraction of sp³-hybridized carbons (Fsp3) is 0.312. The van der Waals surface area contributed by atoms with Crippen LogP contribution in [0.5, 0.6) is 0 Å². The molecule has 98 valence electrons. The molecule has 0 spiro atoms. The number of carbonyl (C=O) groups excluding carboxylic acids is 1. The van der Waals surface area contributed by atoms with Crippen LogP contribution >= 0.6 is 0 Å². The molecule has 0 aliphatic carbocycles. The lowest BCUT2D eigenvalue weighted by Gasteiger charge is -2.09. The molecule has 0 atom stereocenters. The summed E-state index contributed by atoms with van der Waals surface area (Å²) >= 11 is 0. The number of benzene rings is 1. The summed E-state index contributed by atoms with van der Waals surface area (Å²) in [6.45, 7) is 7.62. The van der Waals surface area contributed by atoms with E-state index in [1.807, 2.05) is 13.0 Å². The second kappa shape index (κ2) is 5.31. The first kappa shape index (κ1) is 13.4. The van der Waals surface area contributed by atoms with Crippen LogP contribution in [0.1, 0.15) is 29.6 Å². The molecule has 0 radical (unpaired) electrons. The predicted molar refractivity (Wildman–Crippen MR) is 76.1 cm³/mol. The lowest BCUT2D eigenvalue weighted by molar-refractivity contribution is -0.116. The molecule has 3 nitrogen and oxygen atoms in total. The van der Waals surface area contributed by atoms with Crippen LogP contribution in [0.2, 0.25) is 0 Å². The highest BCUT2D eigenvalue weighted by Gasteiger charge is 2.09. The van der Waals surface area contributed by atoms with Crippen LogP contribution in [0, 0.1) is 20.8 Å². The molecule has 0 bridgehead atoms. The van der Waals surface area contributed by atoms with Crippen LogP contribution in [-0.2, 0) is 11.2 Å². The zero-order valence-corrected chi connectivity index (χ0v) is 11.8. The molecular weight excluding hydrogens is 236 g/mol. The number of rotatable bonds is 3. The van der Waals surface area contributed by atoms with Gasteiger partial charge in [0, 0.05) is 11.3 Å². The summed E-state index contributed by atoms with van der Waals surface area (Å²) in [7, 11) is 0. The van der Waals surface area contributed by atoms with Crippen molar-refractivity contribution in [2.24, 2.45) is 0 Å². The standard InChI is InChI=1S/C16H18N2O/c1-10-5-6-11(2)14(7-10)15-8-12(3)17-16(18-15)9-13(4)19/h5-8H,9H2,1-4H3. The second-order valence-corrected chi connectivity index (χ2v) is 5.01. The molecule has 0 saturated carbocycles. The van der Waals surface area contributed by atoms with Gasteiger partial charge in [0.15, 0.2) is 0 Å². The van der Waals surface area contributed by atoms with Gasteiger partial charge in [-0.15, -0.1) is 0 Å². The minimum atomic E-state index is 0.0810. The highest BCUT2D eigenvalue weighted by Crippen LogP contribution is 2.23. The van der Waals surface area contributed by atoms with Gasteiger partial charge in [0.2, 0.25) is 0 Å². The van der Waals surface area contributed by atoms with Gasteiger partial charge in [-0.05, 0) is 45.4 Å². The number of hydrogen-bond donors (Lipinski definition) is 0. The minimum Gasteiger partial charge on any atom is -0.300 e. The molecule has 0 aliphatic rings. The Hall–Kier alpha value is -2.03. The Morgan fingerprint density at radius 3 is 2.53 bits per heavy atom. The Bertz CT molecular complexity index is 633. The lowest BCUT2D eigenvalue weighted by atomic mass is 10.0. The van der Waals surface area contributed by atoms with Gasteiger partial charge < -0.3 is 0 Å². The molecular formula is C16H18N2O. The Morgan fingerprint density at radius 2 is 1.84 bits per heavy atom. The third kappa shape index (κ3) is 3.25. The van der Waals surface area contributed by atoms with Crippen LogP contribution in [0.3, 0.4) is 0 Å².